The lowest BCUT2D eigenvalue weighted by molar-refractivity contribution is -0.00509. The SMILES string of the molecule is COc1ccc(/C=C/CN2CCCC3(C2)CN(C)C(=O)O3)cc1. The normalized spacial score (nSPS) is 25.3. The molecule has 1 aromatic carbocycles. The number of methoxy groups -OCH3 is 1. The second-order valence-corrected chi connectivity index (χ2v) is 6.42. The van der Waals surface area contributed by atoms with Gasteiger partial charge in [0.25, 0.3) is 0 Å². The number of likely N-dealkylation sites (tertiary alicyclic amines) is 1. The van der Waals surface area contributed by atoms with Crippen molar-refractivity contribution in [3.8, 4) is 5.75 Å². The van der Waals surface area contributed by atoms with Gasteiger partial charge in [-0.15, -0.1) is 0 Å². The first-order chi connectivity index (χ1) is 11.1. The minimum Gasteiger partial charge on any atom is -0.497 e. The van der Waals surface area contributed by atoms with Gasteiger partial charge in [-0.3, -0.25) is 4.90 Å². The Kier molecular flexibility index (Phi) is 4.57. The zero-order chi connectivity index (χ0) is 16.3. The molecule has 23 heavy (non-hydrogen) atoms. The standard InChI is InChI=1S/C18H24N2O3/c1-19-13-18(23-17(19)21)10-4-12-20(14-18)11-3-5-15-6-8-16(22-2)9-7-15/h3,5-9H,4,10-14H2,1-2H3/b5-3+. The van der Waals surface area contributed by atoms with E-state index in [9.17, 15) is 4.79 Å². The summed E-state index contributed by atoms with van der Waals surface area (Å²) in [5.41, 5.74) is 0.849. The Morgan fingerprint density at radius 3 is 2.74 bits per heavy atom. The third kappa shape index (κ3) is 3.67. The number of hydrogen-bond donors (Lipinski definition) is 0. The highest BCUT2D eigenvalue weighted by atomic mass is 16.6. The highest BCUT2D eigenvalue weighted by Gasteiger charge is 2.46. The summed E-state index contributed by atoms with van der Waals surface area (Å²) in [6, 6.07) is 8.01. The van der Waals surface area contributed by atoms with Crippen molar-refractivity contribution in [2.45, 2.75) is 18.4 Å². The fourth-order valence-electron chi connectivity index (χ4n) is 3.40. The molecule has 2 aliphatic rings. The van der Waals surface area contributed by atoms with E-state index in [1.165, 1.54) is 0 Å². The van der Waals surface area contributed by atoms with Gasteiger partial charge >= 0.3 is 6.09 Å². The molecule has 2 saturated heterocycles. The molecule has 0 aliphatic carbocycles. The van der Waals surface area contributed by atoms with Crippen LogP contribution in [-0.2, 0) is 4.74 Å². The average molecular weight is 316 g/mol. The minimum atomic E-state index is -0.308. The van der Waals surface area contributed by atoms with Crippen molar-refractivity contribution < 1.29 is 14.3 Å². The highest BCUT2D eigenvalue weighted by Crippen LogP contribution is 2.31. The molecule has 1 atom stereocenters. The first kappa shape index (κ1) is 15.9. The zero-order valence-corrected chi connectivity index (χ0v) is 13.8. The number of likely N-dealkylation sites (N-methyl/N-ethyl adjacent to an activating group) is 1. The highest BCUT2D eigenvalue weighted by molar-refractivity contribution is 5.70. The van der Waals surface area contributed by atoms with Gasteiger partial charge in [-0.25, -0.2) is 4.79 Å². The predicted molar refractivity (Wildman–Crippen MR) is 89.5 cm³/mol. The van der Waals surface area contributed by atoms with Crippen molar-refractivity contribution in [1.82, 2.24) is 9.80 Å². The third-order valence-electron chi connectivity index (χ3n) is 4.55. The number of amides is 1. The van der Waals surface area contributed by atoms with E-state index >= 15 is 0 Å². The van der Waals surface area contributed by atoms with Gasteiger partial charge in [0, 0.05) is 20.1 Å². The third-order valence-corrected chi connectivity index (χ3v) is 4.55. The lowest BCUT2D eigenvalue weighted by Gasteiger charge is -2.37. The molecule has 5 heteroatoms. The largest absolute Gasteiger partial charge is 0.497 e. The Morgan fingerprint density at radius 1 is 1.30 bits per heavy atom. The van der Waals surface area contributed by atoms with Gasteiger partial charge < -0.3 is 14.4 Å². The Balaban J connectivity index is 1.55. The van der Waals surface area contributed by atoms with Crippen LogP contribution in [0.2, 0.25) is 0 Å². The molecule has 1 aromatic rings. The molecule has 0 radical (unpaired) electrons. The second-order valence-electron chi connectivity index (χ2n) is 6.42. The summed E-state index contributed by atoms with van der Waals surface area (Å²) in [5.74, 6) is 0.868. The van der Waals surface area contributed by atoms with Crippen molar-refractivity contribution in [3.63, 3.8) is 0 Å². The fourth-order valence-corrected chi connectivity index (χ4v) is 3.40. The van der Waals surface area contributed by atoms with Crippen LogP contribution in [0.1, 0.15) is 18.4 Å². The molecule has 0 bridgehead atoms. The van der Waals surface area contributed by atoms with Crippen molar-refractivity contribution in [2.75, 3.05) is 40.3 Å². The van der Waals surface area contributed by atoms with Crippen molar-refractivity contribution >= 4 is 12.2 Å². The smallest absolute Gasteiger partial charge is 0.410 e. The van der Waals surface area contributed by atoms with Gasteiger partial charge in [-0.1, -0.05) is 24.3 Å². The van der Waals surface area contributed by atoms with E-state index in [1.807, 2.05) is 24.3 Å². The number of benzene rings is 1. The van der Waals surface area contributed by atoms with Gasteiger partial charge in [-0.2, -0.15) is 0 Å². The van der Waals surface area contributed by atoms with Crippen LogP contribution in [0.15, 0.2) is 30.3 Å². The number of nitrogens with zero attached hydrogens (tertiary/aromatic N) is 2. The minimum absolute atomic E-state index is 0.194. The van der Waals surface area contributed by atoms with E-state index in [-0.39, 0.29) is 11.7 Å². The molecule has 1 spiro atoms. The summed E-state index contributed by atoms with van der Waals surface area (Å²) in [7, 11) is 3.48. The van der Waals surface area contributed by atoms with E-state index in [2.05, 4.69) is 17.1 Å². The number of piperidine rings is 1. The summed E-state index contributed by atoms with van der Waals surface area (Å²) in [6.07, 6.45) is 6.12. The summed E-state index contributed by atoms with van der Waals surface area (Å²) < 4.78 is 10.8. The van der Waals surface area contributed by atoms with Gasteiger partial charge in [0.1, 0.15) is 11.4 Å². The van der Waals surface area contributed by atoms with E-state index in [0.717, 1.165) is 43.8 Å². The maximum absolute atomic E-state index is 11.7. The van der Waals surface area contributed by atoms with Gasteiger partial charge in [0.15, 0.2) is 0 Å². The molecule has 0 N–H and O–H groups in total. The van der Waals surface area contributed by atoms with Gasteiger partial charge in [-0.05, 0) is 37.1 Å². The van der Waals surface area contributed by atoms with E-state index in [1.54, 1.807) is 19.1 Å². The van der Waals surface area contributed by atoms with E-state index < -0.39 is 0 Å². The molecule has 2 heterocycles. The first-order valence-corrected chi connectivity index (χ1v) is 8.07. The maximum atomic E-state index is 11.7. The molecule has 1 unspecified atom stereocenters. The van der Waals surface area contributed by atoms with Crippen LogP contribution in [0.4, 0.5) is 4.79 Å². The molecule has 5 nitrogen and oxygen atoms in total. The van der Waals surface area contributed by atoms with Crippen molar-refractivity contribution in [3.05, 3.63) is 35.9 Å². The zero-order valence-electron chi connectivity index (χ0n) is 13.8. The Morgan fingerprint density at radius 2 is 2.09 bits per heavy atom. The number of ether oxygens (including phenoxy) is 2. The number of carbonyl (C=O) groups is 1. The van der Waals surface area contributed by atoms with Crippen LogP contribution in [-0.4, -0.2) is 61.8 Å². The number of hydrogen-bond acceptors (Lipinski definition) is 4. The monoisotopic (exact) mass is 316 g/mol. The Bertz CT molecular complexity index is 584. The molecule has 0 aromatic heterocycles. The van der Waals surface area contributed by atoms with Crippen molar-refractivity contribution in [2.24, 2.45) is 0 Å². The van der Waals surface area contributed by atoms with Crippen LogP contribution in [0.5, 0.6) is 5.75 Å². The summed E-state index contributed by atoms with van der Waals surface area (Å²) in [5, 5.41) is 0. The van der Waals surface area contributed by atoms with Gasteiger partial charge in [0.2, 0.25) is 0 Å². The molecule has 0 saturated carbocycles. The van der Waals surface area contributed by atoms with Crippen molar-refractivity contribution in [1.29, 1.82) is 0 Å². The van der Waals surface area contributed by atoms with Crippen LogP contribution >= 0.6 is 0 Å². The predicted octanol–water partition coefficient (Wildman–Crippen LogP) is 2.63. The Labute approximate surface area is 137 Å². The van der Waals surface area contributed by atoms with Crippen LogP contribution in [0.3, 0.4) is 0 Å². The molecular formula is C18H24N2O3. The van der Waals surface area contributed by atoms with Gasteiger partial charge in [0.05, 0.1) is 13.7 Å². The maximum Gasteiger partial charge on any atom is 0.410 e. The molecule has 3 rings (SSSR count). The lowest BCUT2D eigenvalue weighted by atomic mass is 9.93. The number of rotatable bonds is 4. The van der Waals surface area contributed by atoms with Crippen LogP contribution < -0.4 is 4.74 Å². The second kappa shape index (κ2) is 6.62. The summed E-state index contributed by atoms with van der Waals surface area (Å²) in [4.78, 5) is 15.7. The molecule has 1 amide bonds. The van der Waals surface area contributed by atoms with Crippen LogP contribution in [0.25, 0.3) is 6.08 Å². The molecule has 2 fully saturated rings. The first-order valence-electron chi connectivity index (χ1n) is 8.07. The number of carbonyl (C=O) groups excluding carboxylic acids is 1. The Hall–Kier alpha value is -2.01. The summed E-state index contributed by atoms with van der Waals surface area (Å²) >= 11 is 0. The lowest BCUT2D eigenvalue weighted by Crippen LogP contribution is -2.50. The molecule has 2 aliphatic heterocycles. The topological polar surface area (TPSA) is 42.0 Å². The molecular weight excluding hydrogens is 292 g/mol. The average Bonchev–Trinajstić information content (AvgIpc) is 2.81. The quantitative estimate of drug-likeness (QED) is 0.856. The summed E-state index contributed by atoms with van der Waals surface area (Å²) in [6.45, 7) is 3.44. The van der Waals surface area contributed by atoms with E-state index in [0.29, 0.717) is 6.54 Å². The molecule has 124 valence electrons. The fraction of sp³-hybridized carbons (Fsp3) is 0.500. The van der Waals surface area contributed by atoms with Crippen LogP contribution in [0, 0.1) is 0 Å². The van der Waals surface area contributed by atoms with E-state index in [4.69, 9.17) is 9.47 Å².